The zero-order valence-corrected chi connectivity index (χ0v) is 16.8. The van der Waals surface area contributed by atoms with E-state index >= 15 is 0 Å². The molecule has 1 aliphatic rings. The number of hydrogen-bond acceptors (Lipinski definition) is 4. The average Bonchev–Trinajstić information content (AvgIpc) is 2.63. The number of hydrogen-bond donors (Lipinski definition) is 1. The van der Waals surface area contributed by atoms with Gasteiger partial charge in [0.25, 0.3) is 10.0 Å². The maximum absolute atomic E-state index is 13.4. The van der Waals surface area contributed by atoms with E-state index in [2.05, 4.69) is 4.72 Å². The van der Waals surface area contributed by atoms with Crippen LogP contribution >= 0.6 is 0 Å². The quantitative estimate of drug-likeness (QED) is 0.764. The fourth-order valence-corrected chi connectivity index (χ4v) is 5.62. The Hall–Kier alpha value is -2.04. The Kier molecular flexibility index (Phi) is 5.74. The zero-order valence-electron chi connectivity index (χ0n) is 15.2. The van der Waals surface area contributed by atoms with Crippen molar-refractivity contribution in [2.75, 3.05) is 17.0 Å². The van der Waals surface area contributed by atoms with Gasteiger partial charge in [-0.25, -0.2) is 25.6 Å². The van der Waals surface area contributed by atoms with Gasteiger partial charge < -0.3 is 0 Å². The van der Waals surface area contributed by atoms with Crippen molar-refractivity contribution in [2.24, 2.45) is 0 Å². The average molecular weight is 430 g/mol. The summed E-state index contributed by atoms with van der Waals surface area (Å²) in [6.45, 7) is 2.34. The third-order valence-corrected chi connectivity index (χ3v) is 7.89. The second-order valence-electron chi connectivity index (χ2n) is 6.56. The Bertz CT molecular complexity index is 1100. The number of rotatable bonds is 6. The van der Waals surface area contributed by atoms with Crippen molar-refractivity contribution >= 4 is 25.7 Å². The molecule has 6 nitrogen and oxygen atoms in total. The highest BCUT2D eigenvalue weighted by atomic mass is 32.2. The van der Waals surface area contributed by atoms with Crippen molar-refractivity contribution in [1.29, 1.82) is 0 Å². The highest BCUT2D eigenvalue weighted by Gasteiger charge is 2.26. The molecule has 2 aromatic rings. The second kappa shape index (κ2) is 7.76. The van der Waals surface area contributed by atoms with E-state index in [1.54, 1.807) is 25.1 Å². The van der Waals surface area contributed by atoms with Crippen LogP contribution in [-0.4, -0.2) is 33.4 Å². The van der Waals surface area contributed by atoms with Crippen molar-refractivity contribution in [3.63, 3.8) is 0 Å². The first-order chi connectivity index (χ1) is 13.1. The molecule has 28 heavy (non-hydrogen) atoms. The highest BCUT2D eigenvalue weighted by molar-refractivity contribution is 7.92. The maximum atomic E-state index is 13.4. The molecule has 0 amide bonds. The smallest absolute Gasteiger partial charge is 0.261 e. The molecule has 1 N–H and O–H groups in total. The largest absolute Gasteiger partial charge is 0.280 e. The molecule has 10 heteroatoms. The van der Waals surface area contributed by atoms with Crippen molar-refractivity contribution in [3.05, 3.63) is 59.2 Å². The third kappa shape index (κ3) is 4.34. The lowest BCUT2D eigenvalue weighted by atomic mass is 10.0. The van der Waals surface area contributed by atoms with E-state index in [-0.39, 0.29) is 18.0 Å². The summed E-state index contributed by atoms with van der Waals surface area (Å²) in [6, 6.07) is 7.19. The molecule has 1 heterocycles. The summed E-state index contributed by atoms with van der Waals surface area (Å²) >= 11 is 0. The molecule has 0 bridgehead atoms. The molecule has 0 aliphatic carbocycles. The molecule has 0 radical (unpaired) electrons. The minimum atomic E-state index is -4.12. The number of benzene rings is 2. The molecule has 0 aromatic heterocycles. The normalized spacial score (nSPS) is 15.2. The van der Waals surface area contributed by atoms with Crippen LogP contribution in [0.3, 0.4) is 0 Å². The van der Waals surface area contributed by atoms with Crippen molar-refractivity contribution in [1.82, 2.24) is 4.31 Å². The Morgan fingerprint density at radius 3 is 2.43 bits per heavy atom. The second-order valence-corrected chi connectivity index (χ2v) is 10.3. The van der Waals surface area contributed by atoms with E-state index in [1.807, 2.05) is 0 Å². The first-order valence-corrected chi connectivity index (χ1v) is 11.8. The maximum Gasteiger partial charge on any atom is 0.261 e. The summed E-state index contributed by atoms with van der Waals surface area (Å²) < 4.78 is 79.6. The number of halogens is 2. The lowest BCUT2D eigenvalue weighted by Gasteiger charge is -2.28. The van der Waals surface area contributed by atoms with Crippen LogP contribution < -0.4 is 4.72 Å². The van der Waals surface area contributed by atoms with E-state index in [1.165, 1.54) is 4.31 Å². The number of anilines is 1. The molecule has 0 fully saturated rings. The minimum absolute atomic E-state index is 0.0603. The predicted octanol–water partition coefficient (Wildman–Crippen LogP) is 2.86. The fourth-order valence-electron chi connectivity index (χ4n) is 3.08. The number of nitrogens with one attached hydrogen (secondary N) is 1. The van der Waals surface area contributed by atoms with Crippen LogP contribution in [0.1, 0.15) is 24.5 Å². The van der Waals surface area contributed by atoms with Crippen LogP contribution in [0.4, 0.5) is 14.5 Å². The van der Waals surface area contributed by atoms with Gasteiger partial charge in [-0.2, -0.15) is 4.31 Å². The lowest BCUT2D eigenvalue weighted by molar-refractivity contribution is 0.391. The van der Waals surface area contributed by atoms with Crippen LogP contribution in [0.25, 0.3) is 0 Å². The van der Waals surface area contributed by atoms with E-state index in [4.69, 9.17) is 0 Å². The summed E-state index contributed by atoms with van der Waals surface area (Å²) in [6.07, 6.45) is 1.05. The van der Waals surface area contributed by atoms with Gasteiger partial charge in [-0.3, -0.25) is 4.72 Å². The Balaban J connectivity index is 1.85. The zero-order chi connectivity index (χ0) is 20.5. The monoisotopic (exact) mass is 430 g/mol. The Morgan fingerprint density at radius 1 is 1.00 bits per heavy atom. The molecule has 2 aromatic carbocycles. The SMILES string of the molecule is CCCS(=O)(=O)N1CCc2ccc(NS(=O)(=O)c3ccc(F)c(F)c3)cc2C1. The third-order valence-electron chi connectivity index (χ3n) is 4.49. The standard InChI is InChI=1S/C18H20F2N2O4S2/c1-2-9-27(23,24)22-8-7-13-3-4-15(10-14(13)12-22)21-28(25,26)16-5-6-17(19)18(20)11-16/h3-6,10-11,21H,2,7-9,12H2,1H3. The molecule has 0 unspecified atom stereocenters. The summed E-state index contributed by atoms with van der Waals surface area (Å²) in [7, 11) is -7.48. The minimum Gasteiger partial charge on any atom is -0.280 e. The fraction of sp³-hybridized carbons (Fsp3) is 0.333. The van der Waals surface area contributed by atoms with Crippen LogP contribution in [0.2, 0.25) is 0 Å². The van der Waals surface area contributed by atoms with Gasteiger partial charge in [0.05, 0.1) is 10.6 Å². The van der Waals surface area contributed by atoms with Gasteiger partial charge in [-0.05, 0) is 54.3 Å². The summed E-state index contributed by atoms with van der Waals surface area (Å²) in [5.74, 6) is -2.34. The lowest BCUT2D eigenvalue weighted by Crippen LogP contribution is -2.37. The molecule has 0 spiro atoms. The number of sulfonamides is 2. The van der Waals surface area contributed by atoms with Crippen LogP contribution in [0, 0.1) is 11.6 Å². The summed E-state index contributed by atoms with van der Waals surface area (Å²) in [5.41, 5.74) is 1.87. The van der Waals surface area contributed by atoms with Gasteiger partial charge in [0.15, 0.2) is 11.6 Å². The molecule has 0 saturated heterocycles. The molecular formula is C18H20F2N2O4S2. The number of nitrogens with zero attached hydrogens (tertiary/aromatic N) is 1. The first kappa shape index (κ1) is 20.7. The van der Waals surface area contributed by atoms with Crippen molar-refractivity contribution < 1.29 is 25.6 Å². The molecule has 3 rings (SSSR count). The summed E-state index contributed by atoms with van der Waals surface area (Å²) in [5, 5.41) is 0. The van der Waals surface area contributed by atoms with Gasteiger partial charge in [0.1, 0.15) is 0 Å². The van der Waals surface area contributed by atoms with Crippen LogP contribution in [-0.2, 0) is 33.0 Å². The predicted molar refractivity (Wildman–Crippen MR) is 102 cm³/mol. The highest BCUT2D eigenvalue weighted by Crippen LogP contribution is 2.26. The Morgan fingerprint density at radius 2 is 1.75 bits per heavy atom. The summed E-state index contributed by atoms with van der Waals surface area (Å²) in [4.78, 5) is -0.406. The van der Waals surface area contributed by atoms with Crippen molar-refractivity contribution in [3.8, 4) is 0 Å². The van der Waals surface area contributed by atoms with E-state index in [9.17, 15) is 25.6 Å². The molecular weight excluding hydrogens is 410 g/mol. The van der Waals surface area contributed by atoms with Crippen LogP contribution in [0.15, 0.2) is 41.3 Å². The molecule has 0 saturated carbocycles. The van der Waals surface area contributed by atoms with Crippen LogP contribution in [0.5, 0.6) is 0 Å². The Labute approximate surface area is 163 Å². The molecule has 152 valence electrons. The van der Waals surface area contributed by atoms with Gasteiger partial charge in [-0.1, -0.05) is 13.0 Å². The van der Waals surface area contributed by atoms with E-state index in [0.717, 1.165) is 17.7 Å². The topological polar surface area (TPSA) is 83.6 Å². The van der Waals surface area contributed by atoms with Gasteiger partial charge in [-0.15, -0.1) is 0 Å². The van der Waals surface area contributed by atoms with E-state index in [0.29, 0.717) is 31.0 Å². The molecule has 0 atom stereocenters. The van der Waals surface area contributed by atoms with Gasteiger partial charge in [0.2, 0.25) is 10.0 Å². The van der Waals surface area contributed by atoms with E-state index < -0.39 is 36.6 Å². The first-order valence-electron chi connectivity index (χ1n) is 8.70. The van der Waals surface area contributed by atoms with Gasteiger partial charge in [0, 0.05) is 18.8 Å². The van der Waals surface area contributed by atoms with Crippen molar-refractivity contribution in [2.45, 2.75) is 31.2 Å². The van der Waals surface area contributed by atoms with Gasteiger partial charge >= 0.3 is 0 Å². The number of fused-ring (bicyclic) bond motifs is 1. The molecule has 1 aliphatic heterocycles.